The minimum Gasteiger partial charge on any atom is -0.383 e. The summed E-state index contributed by atoms with van der Waals surface area (Å²) in [6, 6.07) is 11.4. The number of carbonyl (C=O) groups is 1. The van der Waals surface area contributed by atoms with Crippen molar-refractivity contribution < 1.29 is 13.2 Å². The highest BCUT2D eigenvalue weighted by atomic mass is 35.5. The Morgan fingerprint density at radius 2 is 1.94 bits per heavy atom. The molecule has 7 nitrogen and oxygen atoms in total. The van der Waals surface area contributed by atoms with Crippen molar-refractivity contribution in [2.75, 3.05) is 6.54 Å². The van der Waals surface area contributed by atoms with E-state index in [1.54, 1.807) is 11.0 Å². The van der Waals surface area contributed by atoms with Crippen LogP contribution >= 0.6 is 45.9 Å². The third kappa shape index (κ3) is 5.11. The number of rotatable bonds is 8. The third-order valence-electron chi connectivity index (χ3n) is 5.28. The van der Waals surface area contributed by atoms with E-state index in [0.29, 0.717) is 24.4 Å². The first-order valence-electron chi connectivity index (χ1n) is 9.88. The van der Waals surface area contributed by atoms with Crippen LogP contribution in [0.3, 0.4) is 0 Å². The van der Waals surface area contributed by atoms with E-state index in [-0.39, 0.29) is 31.9 Å². The number of hydrogen-bond acceptors (Lipinski definition) is 6. The second-order valence-electron chi connectivity index (χ2n) is 7.52. The van der Waals surface area contributed by atoms with Gasteiger partial charge in [0.05, 0.1) is 9.90 Å². The number of likely N-dealkylation sites (tertiary alicyclic amines) is 1. The molecule has 0 aliphatic carbocycles. The van der Waals surface area contributed by atoms with Crippen LogP contribution in [-0.4, -0.2) is 42.0 Å². The quantitative estimate of drug-likeness (QED) is 0.325. The minimum atomic E-state index is -4.03. The second-order valence-corrected chi connectivity index (χ2v) is 12.6. The van der Waals surface area contributed by atoms with Gasteiger partial charge in [0, 0.05) is 19.6 Å². The Hall–Kier alpha value is -1.95. The van der Waals surface area contributed by atoms with E-state index in [2.05, 4.69) is 0 Å². The largest absolute Gasteiger partial charge is 0.383 e. The number of nitrogens with two attached hydrogens (primary N) is 1. The van der Waals surface area contributed by atoms with Gasteiger partial charge < -0.3 is 10.6 Å². The number of benzene rings is 1. The standard InChI is InChI=1S/C21H20Cl2N4O3S3/c22-15-9-18(32-19(15)23)33(29,30)27(11-13-4-2-1-3-5-13)16-6-7-26(21(16)28)10-14-8-17(20(24)25)31-12-14/h1-5,8-9,12,16H,6-7,10-11H2,(H3,24,25). The van der Waals surface area contributed by atoms with E-state index in [1.165, 1.54) is 21.7 Å². The molecule has 0 spiro atoms. The lowest BCUT2D eigenvalue weighted by Gasteiger charge is -2.27. The van der Waals surface area contributed by atoms with Gasteiger partial charge in [-0.2, -0.15) is 4.31 Å². The van der Waals surface area contributed by atoms with E-state index in [9.17, 15) is 13.2 Å². The maximum atomic E-state index is 13.6. The van der Waals surface area contributed by atoms with Gasteiger partial charge in [-0.3, -0.25) is 10.2 Å². The molecule has 1 saturated heterocycles. The molecule has 3 heterocycles. The Morgan fingerprint density at radius 1 is 1.21 bits per heavy atom. The van der Waals surface area contributed by atoms with Crippen LogP contribution in [0.1, 0.15) is 22.4 Å². The highest BCUT2D eigenvalue weighted by Crippen LogP contribution is 2.37. The van der Waals surface area contributed by atoms with Crippen molar-refractivity contribution in [2.45, 2.75) is 29.8 Å². The van der Waals surface area contributed by atoms with Crippen LogP contribution in [-0.2, 0) is 27.9 Å². The summed E-state index contributed by atoms with van der Waals surface area (Å²) in [6.45, 7) is 0.796. The van der Waals surface area contributed by atoms with Crippen molar-refractivity contribution in [2.24, 2.45) is 5.73 Å². The lowest BCUT2D eigenvalue weighted by molar-refractivity contribution is -0.131. The SMILES string of the molecule is N=C(N)c1cc(CN2CCC(N(Cc3ccccc3)S(=O)(=O)c3cc(Cl)c(Cl)s3)C2=O)cs1. The van der Waals surface area contributed by atoms with E-state index in [1.807, 2.05) is 35.7 Å². The van der Waals surface area contributed by atoms with Crippen molar-refractivity contribution in [3.63, 3.8) is 0 Å². The van der Waals surface area contributed by atoms with E-state index in [4.69, 9.17) is 34.3 Å². The molecular formula is C21H20Cl2N4O3S3. The number of amides is 1. The molecule has 3 aromatic rings. The lowest BCUT2D eigenvalue weighted by atomic mass is 10.2. The Balaban J connectivity index is 1.62. The average molecular weight is 544 g/mol. The number of nitrogen functional groups attached to an aromatic ring is 1. The van der Waals surface area contributed by atoms with Crippen LogP contribution in [0.25, 0.3) is 0 Å². The summed E-state index contributed by atoms with van der Waals surface area (Å²) in [5.41, 5.74) is 7.16. The van der Waals surface area contributed by atoms with E-state index >= 15 is 0 Å². The number of halogens is 2. The first kappa shape index (κ1) is 24.2. The fourth-order valence-electron chi connectivity index (χ4n) is 3.66. The molecule has 4 rings (SSSR count). The first-order valence-corrected chi connectivity index (χ1v) is 13.8. The van der Waals surface area contributed by atoms with Gasteiger partial charge in [-0.15, -0.1) is 22.7 Å². The van der Waals surface area contributed by atoms with Gasteiger partial charge in [-0.05, 0) is 35.1 Å². The summed E-state index contributed by atoms with van der Waals surface area (Å²) in [6.07, 6.45) is 0.363. The fourth-order valence-corrected chi connectivity index (χ4v) is 8.04. The van der Waals surface area contributed by atoms with Gasteiger partial charge in [0.1, 0.15) is 20.4 Å². The van der Waals surface area contributed by atoms with Gasteiger partial charge >= 0.3 is 0 Å². The molecule has 1 atom stereocenters. The zero-order chi connectivity index (χ0) is 23.8. The summed E-state index contributed by atoms with van der Waals surface area (Å²) in [5, 5.41) is 9.57. The summed E-state index contributed by atoms with van der Waals surface area (Å²) in [4.78, 5) is 15.6. The maximum absolute atomic E-state index is 13.6. The highest BCUT2D eigenvalue weighted by molar-refractivity contribution is 7.91. The molecule has 1 aromatic carbocycles. The van der Waals surface area contributed by atoms with Crippen LogP contribution < -0.4 is 5.73 Å². The minimum absolute atomic E-state index is 0.00335. The number of amidine groups is 1. The zero-order valence-corrected chi connectivity index (χ0v) is 21.2. The molecule has 174 valence electrons. The van der Waals surface area contributed by atoms with Gasteiger partial charge in [0.2, 0.25) is 5.91 Å². The van der Waals surface area contributed by atoms with Crippen molar-refractivity contribution in [3.05, 3.63) is 73.2 Å². The van der Waals surface area contributed by atoms with Crippen LogP contribution in [0.4, 0.5) is 0 Å². The summed E-state index contributed by atoms with van der Waals surface area (Å²) >= 11 is 14.3. The van der Waals surface area contributed by atoms with Crippen LogP contribution in [0, 0.1) is 5.41 Å². The van der Waals surface area contributed by atoms with Gasteiger partial charge in [0.15, 0.2) is 0 Å². The molecule has 1 unspecified atom stereocenters. The monoisotopic (exact) mass is 542 g/mol. The second kappa shape index (κ2) is 9.73. The van der Waals surface area contributed by atoms with Crippen LogP contribution in [0.15, 0.2) is 52.1 Å². The average Bonchev–Trinajstić information content (AvgIpc) is 3.48. The summed E-state index contributed by atoms with van der Waals surface area (Å²) in [7, 11) is -4.03. The molecule has 12 heteroatoms. The Kier molecular flexibility index (Phi) is 7.13. The lowest BCUT2D eigenvalue weighted by Crippen LogP contribution is -2.44. The normalized spacial score (nSPS) is 16.6. The number of thiophene rings is 2. The molecule has 1 aliphatic rings. The highest BCUT2D eigenvalue weighted by Gasteiger charge is 2.42. The molecule has 33 heavy (non-hydrogen) atoms. The van der Waals surface area contributed by atoms with Gasteiger partial charge in [0.25, 0.3) is 10.0 Å². The van der Waals surface area contributed by atoms with Crippen LogP contribution in [0.2, 0.25) is 9.36 Å². The van der Waals surface area contributed by atoms with Gasteiger partial charge in [-0.25, -0.2) is 8.42 Å². The Morgan fingerprint density at radius 3 is 2.55 bits per heavy atom. The topological polar surface area (TPSA) is 108 Å². The molecule has 0 saturated carbocycles. The Bertz CT molecular complexity index is 1270. The number of nitrogens with zero attached hydrogens (tertiary/aromatic N) is 2. The zero-order valence-electron chi connectivity index (χ0n) is 17.2. The van der Waals surface area contributed by atoms with Gasteiger partial charge in [-0.1, -0.05) is 53.5 Å². The van der Waals surface area contributed by atoms with E-state index in [0.717, 1.165) is 22.5 Å². The first-order chi connectivity index (χ1) is 15.7. The van der Waals surface area contributed by atoms with Crippen molar-refractivity contribution in [1.82, 2.24) is 9.21 Å². The molecular weight excluding hydrogens is 523 g/mol. The van der Waals surface area contributed by atoms with Crippen molar-refractivity contribution in [1.29, 1.82) is 5.41 Å². The van der Waals surface area contributed by atoms with Crippen LogP contribution in [0.5, 0.6) is 0 Å². The number of carbonyl (C=O) groups excluding carboxylic acids is 1. The molecule has 0 radical (unpaired) electrons. The number of nitrogens with one attached hydrogen (secondary N) is 1. The predicted octanol–water partition coefficient (Wildman–Crippen LogP) is 4.39. The summed E-state index contributed by atoms with van der Waals surface area (Å²) in [5.74, 6) is -0.288. The van der Waals surface area contributed by atoms with Crippen molar-refractivity contribution >= 4 is 67.6 Å². The summed E-state index contributed by atoms with van der Waals surface area (Å²) < 4.78 is 28.6. The third-order valence-corrected chi connectivity index (χ3v) is 10.5. The molecule has 1 aliphatic heterocycles. The Labute approximate surface area is 209 Å². The molecule has 3 N–H and O–H groups in total. The molecule has 1 fully saturated rings. The molecule has 2 aromatic heterocycles. The maximum Gasteiger partial charge on any atom is 0.253 e. The predicted molar refractivity (Wildman–Crippen MR) is 133 cm³/mol. The number of hydrogen-bond donors (Lipinski definition) is 2. The van der Waals surface area contributed by atoms with Crippen molar-refractivity contribution in [3.8, 4) is 0 Å². The number of sulfonamides is 1. The molecule has 0 bridgehead atoms. The molecule has 1 amide bonds. The smallest absolute Gasteiger partial charge is 0.253 e. The van der Waals surface area contributed by atoms with E-state index < -0.39 is 16.1 Å². The fraction of sp³-hybridized carbons (Fsp3) is 0.238.